The molecular formula is C19H20N4S2. The van der Waals surface area contributed by atoms with Crippen molar-refractivity contribution in [1.82, 2.24) is 19.9 Å². The third-order valence-corrected chi connectivity index (χ3v) is 6.30. The second-order valence-corrected chi connectivity index (χ2v) is 7.93. The van der Waals surface area contributed by atoms with Crippen LogP contribution < -0.4 is 0 Å². The van der Waals surface area contributed by atoms with Gasteiger partial charge in [0.2, 0.25) is 0 Å². The van der Waals surface area contributed by atoms with E-state index in [-0.39, 0.29) is 0 Å². The van der Waals surface area contributed by atoms with E-state index in [1.165, 1.54) is 4.70 Å². The molecule has 0 saturated carbocycles. The summed E-state index contributed by atoms with van der Waals surface area (Å²) in [6.45, 7) is 6.46. The van der Waals surface area contributed by atoms with Gasteiger partial charge in [0.05, 0.1) is 21.4 Å². The van der Waals surface area contributed by atoms with E-state index in [4.69, 9.17) is 4.98 Å². The Hall–Kier alpha value is -2.05. The molecule has 0 aliphatic rings. The van der Waals surface area contributed by atoms with E-state index >= 15 is 0 Å². The number of hydrogen-bond acceptors (Lipinski definition) is 5. The van der Waals surface area contributed by atoms with Crippen LogP contribution >= 0.6 is 22.7 Å². The van der Waals surface area contributed by atoms with Crippen molar-refractivity contribution in [2.24, 2.45) is 0 Å². The van der Waals surface area contributed by atoms with Crippen LogP contribution in [0, 0.1) is 6.92 Å². The minimum Gasteiger partial charge on any atom is -0.339 e. The van der Waals surface area contributed by atoms with Crippen LogP contribution in [0.15, 0.2) is 29.1 Å². The highest BCUT2D eigenvalue weighted by molar-refractivity contribution is 7.16. The first kappa shape index (κ1) is 16.4. The lowest BCUT2D eigenvalue weighted by Gasteiger charge is -2.07. The van der Waals surface area contributed by atoms with Crippen LogP contribution in [0.2, 0.25) is 0 Å². The largest absolute Gasteiger partial charge is 0.339 e. The van der Waals surface area contributed by atoms with Gasteiger partial charge in [-0.1, -0.05) is 19.9 Å². The summed E-state index contributed by atoms with van der Waals surface area (Å²) >= 11 is 3.33. The maximum absolute atomic E-state index is 4.99. The zero-order valence-electron chi connectivity index (χ0n) is 14.5. The number of nitrogens with one attached hydrogen (secondary N) is 1. The average molecular weight is 369 g/mol. The highest BCUT2D eigenvalue weighted by Gasteiger charge is 2.20. The third-order valence-electron chi connectivity index (χ3n) is 4.53. The fraction of sp³-hybridized carbons (Fsp3) is 0.316. The molecule has 3 heterocycles. The summed E-state index contributed by atoms with van der Waals surface area (Å²) in [7, 11) is 0. The standard InChI is InChI=1S/C19H20N4S2/c1-4-12(5-2)18-22-16(17(23-18)19-21-11(3)9-24-19)13-6-7-14-15(8-13)25-10-20-14/h6-10,12H,4-5H2,1-3H3,(H,22,23). The molecule has 3 aromatic heterocycles. The van der Waals surface area contributed by atoms with Crippen molar-refractivity contribution in [2.75, 3.05) is 0 Å². The van der Waals surface area contributed by atoms with Crippen LogP contribution in [0.1, 0.15) is 44.1 Å². The number of fused-ring (bicyclic) bond motifs is 1. The van der Waals surface area contributed by atoms with Crippen molar-refractivity contribution in [3.05, 3.63) is 40.6 Å². The number of aromatic amines is 1. The fourth-order valence-electron chi connectivity index (χ4n) is 3.10. The van der Waals surface area contributed by atoms with E-state index in [2.05, 4.69) is 52.4 Å². The first-order valence-corrected chi connectivity index (χ1v) is 10.3. The van der Waals surface area contributed by atoms with E-state index in [0.717, 1.165) is 51.8 Å². The summed E-state index contributed by atoms with van der Waals surface area (Å²) in [5.74, 6) is 1.51. The summed E-state index contributed by atoms with van der Waals surface area (Å²) in [5, 5.41) is 3.09. The smallest absolute Gasteiger partial charge is 0.142 e. The zero-order chi connectivity index (χ0) is 17.4. The summed E-state index contributed by atoms with van der Waals surface area (Å²) in [6, 6.07) is 6.37. The van der Waals surface area contributed by atoms with Gasteiger partial charge in [0.1, 0.15) is 16.5 Å². The molecule has 4 rings (SSSR count). The predicted octanol–water partition coefficient (Wildman–Crippen LogP) is 6.02. The molecule has 25 heavy (non-hydrogen) atoms. The lowest BCUT2D eigenvalue weighted by molar-refractivity contribution is 0.609. The molecule has 6 heteroatoms. The highest BCUT2D eigenvalue weighted by Crippen LogP contribution is 2.36. The molecule has 4 nitrogen and oxygen atoms in total. The lowest BCUT2D eigenvalue weighted by atomic mass is 10.0. The molecular weight excluding hydrogens is 348 g/mol. The molecule has 4 aromatic rings. The molecule has 0 unspecified atom stereocenters. The zero-order valence-corrected chi connectivity index (χ0v) is 16.2. The van der Waals surface area contributed by atoms with Crippen LogP contribution in [-0.4, -0.2) is 19.9 Å². The van der Waals surface area contributed by atoms with Gasteiger partial charge in [-0.05, 0) is 31.9 Å². The number of nitrogens with zero attached hydrogens (tertiary/aromatic N) is 3. The molecule has 0 fully saturated rings. The van der Waals surface area contributed by atoms with Crippen molar-refractivity contribution in [2.45, 2.75) is 39.5 Å². The Kier molecular flexibility index (Phi) is 4.39. The first-order valence-electron chi connectivity index (χ1n) is 8.55. The number of aromatic nitrogens is 4. The average Bonchev–Trinajstić information content (AvgIpc) is 3.34. The van der Waals surface area contributed by atoms with Gasteiger partial charge >= 0.3 is 0 Å². The molecule has 0 spiro atoms. The summed E-state index contributed by atoms with van der Waals surface area (Å²) in [5.41, 5.74) is 7.11. The molecule has 0 amide bonds. The van der Waals surface area contributed by atoms with E-state index in [9.17, 15) is 0 Å². The summed E-state index contributed by atoms with van der Waals surface area (Å²) in [4.78, 5) is 17.6. The Labute approximate surface area is 155 Å². The molecule has 0 bridgehead atoms. The maximum atomic E-state index is 4.99. The molecule has 0 atom stereocenters. The number of imidazole rings is 1. The lowest BCUT2D eigenvalue weighted by Crippen LogP contribution is -1.97. The van der Waals surface area contributed by atoms with Gasteiger partial charge in [0.25, 0.3) is 0 Å². The molecule has 0 saturated heterocycles. The second kappa shape index (κ2) is 6.69. The van der Waals surface area contributed by atoms with E-state index in [1.807, 2.05) is 12.4 Å². The molecule has 1 aromatic carbocycles. The molecule has 1 N–H and O–H groups in total. The number of thiazole rings is 2. The van der Waals surface area contributed by atoms with E-state index < -0.39 is 0 Å². The van der Waals surface area contributed by atoms with Crippen LogP contribution in [0.25, 0.3) is 32.2 Å². The molecule has 128 valence electrons. The van der Waals surface area contributed by atoms with Crippen LogP contribution in [0.3, 0.4) is 0 Å². The number of benzene rings is 1. The van der Waals surface area contributed by atoms with Crippen molar-refractivity contribution in [1.29, 1.82) is 0 Å². The quantitative estimate of drug-likeness (QED) is 0.468. The summed E-state index contributed by atoms with van der Waals surface area (Å²) in [6.07, 6.45) is 2.15. The Balaban J connectivity index is 1.89. The van der Waals surface area contributed by atoms with Gasteiger partial charge in [-0.2, -0.15) is 0 Å². The normalized spacial score (nSPS) is 11.7. The van der Waals surface area contributed by atoms with Gasteiger partial charge < -0.3 is 4.98 Å². The fourth-order valence-corrected chi connectivity index (χ4v) is 4.61. The van der Waals surface area contributed by atoms with Gasteiger partial charge in [0.15, 0.2) is 0 Å². The summed E-state index contributed by atoms with van der Waals surface area (Å²) < 4.78 is 1.19. The molecule has 0 radical (unpaired) electrons. The van der Waals surface area contributed by atoms with E-state index in [1.54, 1.807) is 22.7 Å². The molecule has 0 aliphatic carbocycles. The van der Waals surface area contributed by atoms with Crippen molar-refractivity contribution >= 4 is 32.9 Å². The molecule has 0 aliphatic heterocycles. The predicted molar refractivity (Wildman–Crippen MR) is 106 cm³/mol. The number of H-pyrrole nitrogens is 1. The Morgan fingerprint density at radius 2 is 1.96 bits per heavy atom. The topological polar surface area (TPSA) is 54.5 Å². The SMILES string of the molecule is CCC(CC)c1nc(-c2ccc3ncsc3c2)c(-c2nc(C)cs2)[nH]1. The monoisotopic (exact) mass is 368 g/mol. The Morgan fingerprint density at radius 3 is 2.68 bits per heavy atom. The van der Waals surface area contributed by atoms with Gasteiger partial charge in [-0.15, -0.1) is 22.7 Å². The van der Waals surface area contributed by atoms with Crippen LogP contribution in [0.4, 0.5) is 0 Å². The Bertz CT molecular complexity index is 1010. The first-order chi connectivity index (χ1) is 12.2. The Morgan fingerprint density at radius 1 is 1.12 bits per heavy atom. The van der Waals surface area contributed by atoms with Gasteiger partial charge in [-0.25, -0.2) is 15.0 Å². The van der Waals surface area contributed by atoms with Crippen molar-refractivity contribution in [3.63, 3.8) is 0 Å². The number of hydrogen-bond donors (Lipinski definition) is 1. The van der Waals surface area contributed by atoms with Gasteiger partial charge in [-0.3, -0.25) is 0 Å². The van der Waals surface area contributed by atoms with Crippen molar-refractivity contribution < 1.29 is 0 Å². The van der Waals surface area contributed by atoms with Gasteiger partial charge in [0, 0.05) is 22.6 Å². The third kappa shape index (κ3) is 3.00. The van der Waals surface area contributed by atoms with Crippen LogP contribution in [0.5, 0.6) is 0 Å². The highest BCUT2D eigenvalue weighted by atomic mass is 32.1. The number of aryl methyl sites for hydroxylation is 1. The maximum Gasteiger partial charge on any atom is 0.142 e. The van der Waals surface area contributed by atoms with Crippen LogP contribution in [-0.2, 0) is 0 Å². The number of rotatable bonds is 5. The minimum absolute atomic E-state index is 0.445. The van der Waals surface area contributed by atoms with E-state index in [0.29, 0.717) is 5.92 Å². The minimum atomic E-state index is 0.445. The van der Waals surface area contributed by atoms with Crippen molar-refractivity contribution in [3.8, 4) is 22.0 Å². The second-order valence-electron chi connectivity index (χ2n) is 6.19.